The van der Waals surface area contributed by atoms with Crippen molar-refractivity contribution in [2.75, 3.05) is 43.2 Å². The van der Waals surface area contributed by atoms with Gasteiger partial charge in [-0.1, -0.05) is 6.07 Å². The van der Waals surface area contributed by atoms with Gasteiger partial charge in [0.1, 0.15) is 0 Å². The minimum Gasteiger partial charge on any atom is -0.493 e. The second-order valence-electron chi connectivity index (χ2n) is 6.79. The lowest BCUT2D eigenvalue weighted by atomic mass is 10.0. The third-order valence-electron chi connectivity index (χ3n) is 5.05. The topological polar surface area (TPSA) is 94.2 Å². The van der Waals surface area contributed by atoms with Crippen LogP contribution in [0.5, 0.6) is 17.2 Å². The number of sulfonamides is 1. The van der Waals surface area contributed by atoms with E-state index in [-0.39, 0.29) is 11.7 Å². The first kappa shape index (κ1) is 21.8. The van der Waals surface area contributed by atoms with Gasteiger partial charge in [-0.3, -0.25) is 9.10 Å². The summed E-state index contributed by atoms with van der Waals surface area (Å²) >= 11 is 0. The number of methoxy groups -OCH3 is 3. The van der Waals surface area contributed by atoms with Gasteiger partial charge >= 0.3 is 0 Å². The van der Waals surface area contributed by atoms with Crippen LogP contribution in [0, 0.1) is 0 Å². The molecule has 0 saturated carbocycles. The quantitative estimate of drug-likeness (QED) is 0.720. The van der Waals surface area contributed by atoms with Gasteiger partial charge in [0.2, 0.25) is 15.8 Å². The van der Waals surface area contributed by atoms with E-state index >= 15 is 0 Å². The summed E-state index contributed by atoms with van der Waals surface area (Å²) in [5.74, 6) is 0.773. The van der Waals surface area contributed by atoms with E-state index in [0.29, 0.717) is 40.7 Å². The van der Waals surface area contributed by atoms with Gasteiger partial charge in [0.15, 0.2) is 11.5 Å². The maximum Gasteiger partial charge on any atom is 0.255 e. The highest BCUT2D eigenvalue weighted by Crippen LogP contribution is 2.38. The summed E-state index contributed by atoms with van der Waals surface area (Å²) in [7, 11) is 1.06. The number of fused-ring (bicyclic) bond motifs is 1. The molecule has 1 aliphatic rings. The smallest absolute Gasteiger partial charge is 0.255 e. The van der Waals surface area contributed by atoms with Gasteiger partial charge in [-0.25, -0.2) is 8.42 Å². The maximum atomic E-state index is 12.9. The lowest BCUT2D eigenvalue weighted by Gasteiger charge is -2.30. The zero-order valence-electron chi connectivity index (χ0n) is 17.5. The number of ether oxygens (including phenoxy) is 3. The summed E-state index contributed by atoms with van der Waals surface area (Å²) in [5.41, 5.74) is 2.39. The van der Waals surface area contributed by atoms with Crippen molar-refractivity contribution in [1.29, 1.82) is 0 Å². The van der Waals surface area contributed by atoms with Crippen LogP contribution in [0.15, 0.2) is 30.3 Å². The van der Waals surface area contributed by atoms with E-state index in [9.17, 15) is 13.2 Å². The van der Waals surface area contributed by atoms with E-state index in [1.807, 2.05) is 6.07 Å². The number of nitrogens with one attached hydrogen (secondary N) is 1. The summed E-state index contributed by atoms with van der Waals surface area (Å²) in [6.07, 6.45) is 1.57. The number of rotatable bonds is 7. The Bertz CT molecular complexity index is 1030. The van der Waals surface area contributed by atoms with Crippen LogP contribution in [-0.2, 0) is 16.4 Å². The van der Waals surface area contributed by atoms with Gasteiger partial charge in [0.05, 0.1) is 32.8 Å². The van der Waals surface area contributed by atoms with Crippen molar-refractivity contribution in [1.82, 2.24) is 0 Å². The number of benzene rings is 2. The van der Waals surface area contributed by atoms with Crippen LogP contribution < -0.4 is 23.8 Å². The number of anilines is 2. The van der Waals surface area contributed by atoms with Crippen LogP contribution in [0.3, 0.4) is 0 Å². The Morgan fingerprint density at radius 2 is 1.73 bits per heavy atom. The number of amides is 1. The molecule has 2 aromatic carbocycles. The molecule has 1 aliphatic heterocycles. The molecule has 0 aromatic heterocycles. The van der Waals surface area contributed by atoms with Gasteiger partial charge in [-0.15, -0.1) is 0 Å². The van der Waals surface area contributed by atoms with E-state index < -0.39 is 10.0 Å². The summed E-state index contributed by atoms with van der Waals surface area (Å²) in [4.78, 5) is 12.9. The average Bonchev–Trinajstić information content (AvgIpc) is 2.77. The predicted octanol–water partition coefficient (Wildman–Crippen LogP) is 3.07. The molecule has 0 spiro atoms. The Morgan fingerprint density at radius 3 is 2.30 bits per heavy atom. The minimum atomic E-state index is -3.38. The Kier molecular flexibility index (Phi) is 6.40. The fraction of sp³-hybridized carbons (Fsp3) is 0.381. The van der Waals surface area contributed by atoms with Gasteiger partial charge in [0.25, 0.3) is 5.91 Å². The fourth-order valence-electron chi connectivity index (χ4n) is 3.48. The molecule has 1 N–H and O–H groups in total. The number of aryl methyl sites for hydroxylation is 1. The van der Waals surface area contributed by atoms with Gasteiger partial charge < -0.3 is 19.5 Å². The number of carbonyl (C=O) groups excluding carboxylic acids is 1. The van der Waals surface area contributed by atoms with E-state index in [0.717, 1.165) is 18.4 Å². The van der Waals surface area contributed by atoms with Crippen molar-refractivity contribution in [3.05, 3.63) is 41.5 Å². The first-order chi connectivity index (χ1) is 14.3. The molecule has 0 bridgehead atoms. The van der Waals surface area contributed by atoms with E-state index in [2.05, 4.69) is 5.32 Å². The zero-order valence-corrected chi connectivity index (χ0v) is 18.3. The normalized spacial score (nSPS) is 13.4. The molecule has 0 unspecified atom stereocenters. The van der Waals surface area contributed by atoms with Crippen molar-refractivity contribution in [2.24, 2.45) is 0 Å². The second-order valence-corrected chi connectivity index (χ2v) is 8.97. The lowest BCUT2D eigenvalue weighted by molar-refractivity contribution is 0.102. The molecule has 0 radical (unpaired) electrons. The standard InChI is InChI=1S/C21H26N2O6S/c1-5-30(25,26)23-10-6-7-14-8-9-16(13-17(14)23)22-21(24)15-11-18(27-2)20(29-4)19(12-15)28-3/h8-9,11-13H,5-7,10H2,1-4H3,(H,22,24). The molecular weight excluding hydrogens is 408 g/mol. The molecular formula is C21H26N2O6S. The number of carbonyl (C=O) groups is 1. The Balaban J connectivity index is 1.92. The Hall–Kier alpha value is -2.94. The first-order valence-corrected chi connectivity index (χ1v) is 11.2. The molecule has 0 atom stereocenters. The van der Waals surface area contributed by atoms with Crippen molar-refractivity contribution < 1.29 is 27.4 Å². The van der Waals surface area contributed by atoms with Crippen LogP contribution in [0.25, 0.3) is 0 Å². The monoisotopic (exact) mass is 434 g/mol. The van der Waals surface area contributed by atoms with Crippen molar-refractivity contribution in [2.45, 2.75) is 19.8 Å². The summed E-state index contributed by atoms with van der Waals surface area (Å²) in [6.45, 7) is 2.06. The third kappa shape index (κ3) is 4.16. The van der Waals surface area contributed by atoms with Crippen LogP contribution in [0.4, 0.5) is 11.4 Å². The summed E-state index contributed by atoms with van der Waals surface area (Å²) < 4.78 is 42.3. The van der Waals surface area contributed by atoms with Crippen LogP contribution in [0.2, 0.25) is 0 Å². The van der Waals surface area contributed by atoms with Crippen molar-refractivity contribution >= 4 is 27.3 Å². The van der Waals surface area contributed by atoms with Crippen molar-refractivity contribution in [3.8, 4) is 17.2 Å². The average molecular weight is 435 g/mol. The zero-order chi connectivity index (χ0) is 21.9. The highest BCUT2D eigenvalue weighted by Gasteiger charge is 2.26. The lowest BCUT2D eigenvalue weighted by Crippen LogP contribution is -2.36. The molecule has 8 nitrogen and oxygen atoms in total. The SMILES string of the molecule is CCS(=O)(=O)N1CCCc2ccc(NC(=O)c3cc(OC)c(OC)c(OC)c3)cc21. The molecule has 1 heterocycles. The van der Waals surface area contributed by atoms with Crippen LogP contribution in [0.1, 0.15) is 29.3 Å². The first-order valence-electron chi connectivity index (χ1n) is 9.59. The third-order valence-corrected chi connectivity index (χ3v) is 6.83. The second kappa shape index (κ2) is 8.83. The minimum absolute atomic E-state index is 0.0223. The fourth-order valence-corrected chi connectivity index (χ4v) is 4.67. The summed E-state index contributed by atoms with van der Waals surface area (Å²) in [6, 6.07) is 8.46. The van der Waals surface area contributed by atoms with E-state index in [4.69, 9.17) is 14.2 Å². The van der Waals surface area contributed by atoms with Gasteiger partial charge in [0, 0.05) is 17.8 Å². The van der Waals surface area contributed by atoms with E-state index in [1.165, 1.54) is 25.6 Å². The Labute approximate surface area is 176 Å². The molecule has 0 fully saturated rings. The van der Waals surface area contributed by atoms with Crippen LogP contribution >= 0.6 is 0 Å². The molecule has 2 aromatic rings. The molecule has 9 heteroatoms. The Morgan fingerprint density at radius 1 is 1.07 bits per heavy atom. The molecule has 3 rings (SSSR count). The molecule has 0 aliphatic carbocycles. The van der Waals surface area contributed by atoms with Crippen molar-refractivity contribution in [3.63, 3.8) is 0 Å². The highest BCUT2D eigenvalue weighted by atomic mass is 32.2. The number of hydrogen-bond donors (Lipinski definition) is 1. The van der Waals surface area contributed by atoms with E-state index in [1.54, 1.807) is 31.2 Å². The largest absolute Gasteiger partial charge is 0.493 e. The van der Waals surface area contributed by atoms with Crippen LogP contribution in [-0.4, -0.2) is 48.0 Å². The molecule has 1 amide bonds. The summed E-state index contributed by atoms with van der Waals surface area (Å²) in [5, 5.41) is 2.83. The highest BCUT2D eigenvalue weighted by molar-refractivity contribution is 7.92. The predicted molar refractivity (Wildman–Crippen MR) is 116 cm³/mol. The van der Waals surface area contributed by atoms with Gasteiger partial charge in [-0.2, -0.15) is 0 Å². The molecule has 30 heavy (non-hydrogen) atoms. The molecule has 162 valence electrons. The number of nitrogens with zero attached hydrogens (tertiary/aromatic N) is 1. The number of hydrogen-bond acceptors (Lipinski definition) is 6. The molecule has 0 saturated heterocycles. The maximum absolute atomic E-state index is 12.9. The van der Waals surface area contributed by atoms with Gasteiger partial charge in [-0.05, 0) is 49.6 Å².